The van der Waals surface area contributed by atoms with Gasteiger partial charge >= 0.3 is 0 Å². The van der Waals surface area contributed by atoms with E-state index in [0.29, 0.717) is 45.0 Å². The lowest BCUT2D eigenvalue weighted by molar-refractivity contribution is -0.906. The number of alkyl halides is 1. The largest absolute Gasteiger partial charge is 0.484 e. The number of hydrogen-bond donors (Lipinski definition) is 6. The summed E-state index contributed by atoms with van der Waals surface area (Å²) in [6, 6.07) is 15.9. The summed E-state index contributed by atoms with van der Waals surface area (Å²) in [7, 11) is 0. The number of rotatable bonds is 18. The Bertz CT molecular complexity index is 1850. The zero-order chi connectivity index (χ0) is 46.3. The van der Waals surface area contributed by atoms with Crippen LogP contribution in [0.2, 0.25) is 5.15 Å². The number of nitrogen functional groups attached to an aromatic ring is 2. The maximum absolute atomic E-state index is 12.7. The minimum absolute atomic E-state index is 0.000180. The van der Waals surface area contributed by atoms with Crippen LogP contribution in [-0.4, -0.2) is 181 Å². The van der Waals surface area contributed by atoms with E-state index in [1.165, 1.54) is 22.4 Å². The van der Waals surface area contributed by atoms with Crippen LogP contribution in [0.3, 0.4) is 0 Å². The fraction of sp³-hybridized carbons (Fsp3) is 0.578. The van der Waals surface area contributed by atoms with E-state index in [1.807, 2.05) is 46.2 Å². The molecule has 4 heterocycles. The van der Waals surface area contributed by atoms with Gasteiger partial charge in [-0.25, -0.2) is 9.97 Å². The Balaban J connectivity index is 0.000000316. The fourth-order valence-electron chi connectivity index (χ4n) is 7.90. The lowest BCUT2D eigenvalue weighted by Crippen LogP contribution is -3.14. The van der Waals surface area contributed by atoms with Crippen LogP contribution >= 0.6 is 23.2 Å². The van der Waals surface area contributed by atoms with Crippen molar-refractivity contribution in [3.8, 4) is 11.5 Å². The number of aliphatic hydroxyl groups excluding tert-OH is 2. The fourth-order valence-corrected chi connectivity index (χ4v) is 8.02. The lowest BCUT2D eigenvalue weighted by Gasteiger charge is -2.34. The van der Waals surface area contributed by atoms with Crippen LogP contribution in [0.5, 0.6) is 11.5 Å². The quantitative estimate of drug-likeness (QED) is 0.0992. The van der Waals surface area contributed by atoms with Gasteiger partial charge in [-0.2, -0.15) is 0 Å². The molecule has 0 aliphatic carbocycles. The van der Waals surface area contributed by atoms with E-state index in [1.54, 1.807) is 0 Å². The number of amides is 3. The van der Waals surface area contributed by atoms with Gasteiger partial charge < -0.3 is 51.2 Å². The highest BCUT2D eigenvalue weighted by Gasteiger charge is 2.27. The smallest absolute Gasteiger partial charge is 0.274 e. The Morgan fingerprint density at radius 3 is 1.75 bits per heavy atom. The summed E-state index contributed by atoms with van der Waals surface area (Å²) in [6.07, 6.45) is 7.54. The van der Waals surface area contributed by atoms with Crippen LogP contribution < -0.4 is 31.2 Å². The number of aryl methyl sites for hydroxylation is 2. The van der Waals surface area contributed by atoms with Gasteiger partial charge in [-0.1, -0.05) is 49.2 Å². The number of quaternary nitrogens is 1. The third-order valence-corrected chi connectivity index (χ3v) is 11.7. The molecule has 17 nitrogen and oxygen atoms in total. The number of nitrogens with one attached hydrogen (secondary N) is 2. The molecule has 0 radical (unpaired) electrons. The molecule has 3 saturated heterocycles. The molecule has 6 rings (SSSR count). The van der Waals surface area contributed by atoms with Gasteiger partial charge in [0.25, 0.3) is 17.7 Å². The van der Waals surface area contributed by atoms with Crippen molar-refractivity contribution in [2.45, 2.75) is 51.5 Å². The lowest BCUT2D eigenvalue weighted by atomic mass is 10.0. The second-order valence-electron chi connectivity index (χ2n) is 16.0. The van der Waals surface area contributed by atoms with Gasteiger partial charge in [0.05, 0.1) is 38.9 Å². The van der Waals surface area contributed by atoms with Crippen molar-refractivity contribution in [1.82, 2.24) is 34.9 Å². The summed E-state index contributed by atoms with van der Waals surface area (Å²) in [5.41, 5.74) is 13.9. The van der Waals surface area contributed by atoms with Crippen LogP contribution in [0.4, 0.5) is 11.6 Å². The molecule has 354 valence electrons. The summed E-state index contributed by atoms with van der Waals surface area (Å²) >= 11 is 10.6. The molecular formula is C45H69Cl2N10O7+. The zero-order valence-electron chi connectivity index (χ0n) is 37.5. The molecule has 8 N–H and O–H groups in total. The van der Waals surface area contributed by atoms with Gasteiger partial charge in [0, 0.05) is 78.3 Å². The normalized spacial score (nSPS) is 17.9. The maximum atomic E-state index is 12.7. The Kier molecular flexibility index (Phi) is 23.2. The van der Waals surface area contributed by atoms with Gasteiger partial charge in [0.1, 0.15) is 11.5 Å². The van der Waals surface area contributed by atoms with Gasteiger partial charge in [-0.3, -0.25) is 24.2 Å². The van der Waals surface area contributed by atoms with Crippen LogP contribution in [0.15, 0.2) is 48.5 Å². The number of piperidine rings is 1. The minimum Gasteiger partial charge on any atom is -0.484 e. The number of aromatic nitrogens is 2. The highest BCUT2D eigenvalue weighted by molar-refractivity contribution is 6.31. The van der Waals surface area contributed by atoms with Crippen molar-refractivity contribution < 1.29 is 39.0 Å². The summed E-state index contributed by atoms with van der Waals surface area (Å²) < 4.78 is 11.3. The number of aliphatic hydroxyl groups is 2. The minimum atomic E-state index is -0.386. The highest BCUT2D eigenvalue weighted by atomic mass is 35.5. The second-order valence-corrected chi connectivity index (χ2v) is 16.4. The molecule has 3 aromatic rings. The number of anilines is 2. The number of piperazine rings is 2. The number of β-amino-alcohol motifs (C(OH)–C–C–N with tert-alkyl or cyclic N) is 2. The summed E-state index contributed by atoms with van der Waals surface area (Å²) in [5, 5.41) is 21.0. The average molecular weight is 933 g/mol. The standard InChI is InChI=1S/C27H39ClN8O4.C17H26N2O3.CH3Cl/c28-24-26(30)33-25(29)23(32-24)27(39)31-20-4-2-10-35(17-20)9-1-3-19-5-7-21(8-6-19)40-18-22(38)36-13-11-34(12-14-36)15-16-37;1-2-3-15-4-6-16(7-5-15)22-14-17(21)19-10-8-18(9-11-19)12-13-20;1-2/h5-8,20,37H,1-4,9-18H2,(H,31,39)(H4,29,30,33);4-7,20H,2-3,8-14H2,1H3;1H3/p+1. The van der Waals surface area contributed by atoms with E-state index >= 15 is 0 Å². The monoisotopic (exact) mass is 931 g/mol. The van der Waals surface area contributed by atoms with E-state index in [0.717, 1.165) is 90.1 Å². The predicted molar refractivity (Wildman–Crippen MR) is 250 cm³/mol. The molecule has 3 aliphatic rings. The van der Waals surface area contributed by atoms with E-state index in [-0.39, 0.29) is 72.7 Å². The Labute approximate surface area is 387 Å². The molecule has 2 aromatic carbocycles. The third-order valence-electron chi connectivity index (χ3n) is 11.5. The van der Waals surface area contributed by atoms with Gasteiger partial charge in [-0.05, 0) is 61.1 Å². The third kappa shape index (κ3) is 17.5. The van der Waals surface area contributed by atoms with Crippen LogP contribution in [0, 0.1) is 0 Å². The first-order valence-corrected chi connectivity index (χ1v) is 23.4. The molecule has 19 heteroatoms. The molecule has 0 saturated carbocycles. The number of carbonyl (C=O) groups is 3. The maximum Gasteiger partial charge on any atom is 0.274 e. The Morgan fingerprint density at radius 1 is 0.766 bits per heavy atom. The van der Waals surface area contributed by atoms with Crippen molar-refractivity contribution >= 4 is 52.6 Å². The molecular weight excluding hydrogens is 863 g/mol. The van der Waals surface area contributed by atoms with Gasteiger partial charge in [-0.15, -0.1) is 11.6 Å². The predicted octanol–water partition coefficient (Wildman–Crippen LogP) is 1.23. The Morgan fingerprint density at radius 2 is 1.27 bits per heavy atom. The summed E-state index contributed by atoms with van der Waals surface area (Å²) in [4.78, 5) is 54.6. The first kappa shape index (κ1) is 52.1. The topological polar surface area (TPSA) is 217 Å². The first-order chi connectivity index (χ1) is 31.0. The number of nitrogens with two attached hydrogens (primary N) is 2. The second kappa shape index (κ2) is 28.4. The molecule has 1 aromatic heterocycles. The van der Waals surface area contributed by atoms with Crippen LogP contribution in [0.25, 0.3) is 0 Å². The number of carbonyl (C=O) groups excluding carboxylic acids is 3. The highest BCUT2D eigenvalue weighted by Crippen LogP contribution is 2.18. The van der Waals surface area contributed by atoms with Crippen LogP contribution in [-0.2, 0) is 22.4 Å². The van der Waals surface area contributed by atoms with E-state index in [9.17, 15) is 14.4 Å². The molecule has 3 amide bonds. The Hall–Kier alpha value is -4.49. The number of ether oxygens (including phenoxy) is 2. The van der Waals surface area contributed by atoms with E-state index in [2.05, 4.69) is 55.7 Å². The molecule has 3 aliphatic heterocycles. The molecule has 0 spiro atoms. The molecule has 64 heavy (non-hydrogen) atoms. The van der Waals surface area contributed by atoms with Crippen molar-refractivity contribution in [2.24, 2.45) is 0 Å². The summed E-state index contributed by atoms with van der Waals surface area (Å²) in [5.74, 6) is 1.03. The van der Waals surface area contributed by atoms with Crippen LogP contribution in [0.1, 0.15) is 54.2 Å². The summed E-state index contributed by atoms with van der Waals surface area (Å²) in [6.45, 7) is 12.7. The first-order valence-electron chi connectivity index (χ1n) is 22.3. The van der Waals surface area contributed by atoms with Crippen molar-refractivity contribution in [2.75, 3.05) is 129 Å². The molecule has 2 atom stereocenters. The number of benzene rings is 2. The van der Waals surface area contributed by atoms with Gasteiger partial charge in [0.2, 0.25) is 0 Å². The van der Waals surface area contributed by atoms with Crippen molar-refractivity contribution in [1.29, 1.82) is 0 Å². The van der Waals surface area contributed by atoms with Crippen molar-refractivity contribution in [3.05, 3.63) is 70.5 Å². The molecule has 0 bridgehead atoms. The molecule has 2 unspecified atom stereocenters. The van der Waals surface area contributed by atoms with Gasteiger partial charge in [0.15, 0.2) is 35.7 Å². The number of halogens is 2. The van der Waals surface area contributed by atoms with Crippen molar-refractivity contribution in [3.63, 3.8) is 0 Å². The number of nitrogens with zero attached hydrogens (tertiary/aromatic N) is 6. The van der Waals surface area contributed by atoms with E-state index in [4.69, 9.17) is 42.8 Å². The number of hydrogen-bond acceptors (Lipinski definition) is 13. The SMILES string of the molecule is CCCc1ccc(OCC(=O)N2CCN(CCO)CC2)cc1.CCl.Nc1nc(N)c(C(=O)NC2CCC[NH+](CCCc3ccc(OCC(=O)N4CCN(CCO)CC4)cc3)C2)nc1Cl. The number of likely N-dealkylation sites (tertiary alicyclic amines) is 1. The average Bonchev–Trinajstić information content (AvgIpc) is 3.31. The molecule has 3 fully saturated rings. The van der Waals surface area contributed by atoms with E-state index < -0.39 is 0 Å². The zero-order valence-corrected chi connectivity index (χ0v) is 39.0.